The third-order valence-corrected chi connectivity index (χ3v) is 4.01. The summed E-state index contributed by atoms with van der Waals surface area (Å²) in [4.78, 5) is 11.7. The van der Waals surface area contributed by atoms with Gasteiger partial charge in [0, 0.05) is 26.4 Å². The van der Waals surface area contributed by atoms with E-state index in [1.54, 1.807) is 0 Å². The molecular formula is C17H25NO4. The van der Waals surface area contributed by atoms with E-state index in [1.165, 1.54) is 0 Å². The lowest BCUT2D eigenvalue weighted by Crippen LogP contribution is -2.33. The van der Waals surface area contributed by atoms with Gasteiger partial charge in [0.2, 0.25) is 0 Å². The molecule has 22 heavy (non-hydrogen) atoms. The van der Waals surface area contributed by atoms with Crippen LogP contribution in [0.25, 0.3) is 0 Å². The molecule has 1 aliphatic heterocycles. The van der Waals surface area contributed by atoms with E-state index in [9.17, 15) is 9.90 Å². The van der Waals surface area contributed by atoms with Crippen molar-refractivity contribution in [1.82, 2.24) is 5.32 Å². The predicted molar refractivity (Wildman–Crippen MR) is 83.4 cm³/mol. The van der Waals surface area contributed by atoms with E-state index in [0.717, 1.165) is 38.0 Å². The number of benzene rings is 1. The Balaban J connectivity index is 1.65. The van der Waals surface area contributed by atoms with Crippen molar-refractivity contribution in [1.29, 1.82) is 0 Å². The smallest absolute Gasteiger partial charge is 0.407 e. The Morgan fingerprint density at radius 3 is 2.73 bits per heavy atom. The molecule has 1 atom stereocenters. The summed E-state index contributed by atoms with van der Waals surface area (Å²) in [5.74, 6) is 0.653. The predicted octanol–water partition coefficient (Wildman–Crippen LogP) is 2.34. The van der Waals surface area contributed by atoms with Crippen LogP contribution in [0.3, 0.4) is 0 Å². The van der Waals surface area contributed by atoms with Gasteiger partial charge in [0.1, 0.15) is 6.61 Å². The zero-order chi connectivity index (χ0) is 15.6. The fourth-order valence-electron chi connectivity index (χ4n) is 2.68. The maximum atomic E-state index is 11.7. The van der Waals surface area contributed by atoms with Crippen LogP contribution in [-0.2, 0) is 16.1 Å². The van der Waals surface area contributed by atoms with E-state index >= 15 is 0 Å². The minimum Gasteiger partial charge on any atom is -0.445 e. The molecule has 0 aromatic heterocycles. The summed E-state index contributed by atoms with van der Waals surface area (Å²) < 4.78 is 10.5. The lowest BCUT2D eigenvalue weighted by atomic mass is 9.89. The van der Waals surface area contributed by atoms with Crippen molar-refractivity contribution in [3.05, 3.63) is 35.9 Å². The molecule has 1 aromatic rings. The van der Waals surface area contributed by atoms with E-state index in [0.29, 0.717) is 12.5 Å². The molecule has 0 bridgehead atoms. The first-order valence-electron chi connectivity index (χ1n) is 7.91. The van der Waals surface area contributed by atoms with Gasteiger partial charge in [-0.25, -0.2) is 4.79 Å². The van der Waals surface area contributed by atoms with Gasteiger partial charge in [-0.05, 0) is 36.7 Å². The Labute approximate surface area is 131 Å². The maximum absolute atomic E-state index is 11.7. The van der Waals surface area contributed by atoms with Gasteiger partial charge in [0.25, 0.3) is 0 Å². The van der Waals surface area contributed by atoms with Crippen LogP contribution < -0.4 is 5.32 Å². The highest BCUT2D eigenvalue weighted by Gasteiger charge is 2.19. The summed E-state index contributed by atoms with van der Waals surface area (Å²) in [6.45, 7) is 2.39. The Hall–Kier alpha value is -1.59. The normalized spacial score (nSPS) is 17.0. The molecule has 1 fully saturated rings. The number of alkyl carbamates (subject to hydrolysis) is 1. The number of nitrogens with one attached hydrogen (secondary N) is 1. The van der Waals surface area contributed by atoms with Crippen molar-refractivity contribution in [2.24, 2.45) is 11.8 Å². The Bertz CT molecular complexity index is 432. The molecule has 0 radical (unpaired) electrons. The van der Waals surface area contributed by atoms with Gasteiger partial charge in [-0.2, -0.15) is 0 Å². The molecule has 2 rings (SSSR count). The highest BCUT2D eigenvalue weighted by atomic mass is 16.5. The molecule has 1 unspecified atom stereocenters. The van der Waals surface area contributed by atoms with Crippen LogP contribution in [0.1, 0.15) is 24.8 Å². The number of rotatable bonds is 7. The number of ether oxygens (including phenoxy) is 2. The highest BCUT2D eigenvalue weighted by molar-refractivity contribution is 5.67. The summed E-state index contributed by atoms with van der Waals surface area (Å²) in [5.41, 5.74) is 0.957. The maximum Gasteiger partial charge on any atom is 0.407 e. The number of aliphatic hydroxyl groups is 1. The van der Waals surface area contributed by atoms with Crippen LogP contribution in [0.4, 0.5) is 4.79 Å². The number of carbonyl (C=O) groups is 1. The first kappa shape index (κ1) is 16.8. The summed E-state index contributed by atoms with van der Waals surface area (Å²) in [6, 6.07) is 9.56. The number of aliphatic hydroxyl groups excluding tert-OH is 1. The van der Waals surface area contributed by atoms with E-state index < -0.39 is 6.09 Å². The number of carbonyl (C=O) groups excluding carboxylic acids is 1. The van der Waals surface area contributed by atoms with Gasteiger partial charge in [0.15, 0.2) is 0 Å². The number of hydrogen-bond donors (Lipinski definition) is 2. The fourth-order valence-corrected chi connectivity index (χ4v) is 2.68. The van der Waals surface area contributed by atoms with Crippen LogP contribution in [0.5, 0.6) is 0 Å². The number of amides is 1. The summed E-state index contributed by atoms with van der Waals surface area (Å²) >= 11 is 0. The van der Waals surface area contributed by atoms with Crippen molar-refractivity contribution in [3.8, 4) is 0 Å². The minimum absolute atomic E-state index is 0.0763. The van der Waals surface area contributed by atoms with Crippen molar-refractivity contribution in [2.45, 2.75) is 25.9 Å². The average Bonchev–Trinajstić information content (AvgIpc) is 2.58. The van der Waals surface area contributed by atoms with Gasteiger partial charge >= 0.3 is 6.09 Å². The molecule has 2 N–H and O–H groups in total. The van der Waals surface area contributed by atoms with Crippen LogP contribution in [0, 0.1) is 11.8 Å². The summed E-state index contributed by atoms with van der Waals surface area (Å²) in [7, 11) is 0. The lowest BCUT2D eigenvalue weighted by molar-refractivity contribution is 0.0536. The van der Waals surface area contributed by atoms with E-state index in [2.05, 4.69) is 5.32 Å². The standard InChI is InChI=1S/C17H25NO4/c19-12-16(10-14-6-8-21-9-7-14)11-18-17(20)22-13-15-4-2-1-3-5-15/h1-5,14,16,19H,6-13H2,(H,18,20). The van der Waals surface area contributed by atoms with Crippen molar-refractivity contribution >= 4 is 6.09 Å². The van der Waals surface area contributed by atoms with Crippen molar-refractivity contribution in [3.63, 3.8) is 0 Å². The quantitative estimate of drug-likeness (QED) is 0.811. The Morgan fingerprint density at radius 1 is 1.32 bits per heavy atom. The molecule has 0 saturated carbocycles. The van der Waals surface area contributed by atoms with Crippen LogP contribution >= 0.6 is 0 Å². The Morgan fingerprint density at radius 2 is 2.05 bits per heavy atom. The highest BCUT2D eigenvalue weighted by Crippen LogP contribution is 2.22. The molecular weight excluding hydrogens is 282 g/mol. The van der Waals surface area contributed by atoms with E-state index in [1.807, 2.05) is 30.3 Å². The molecule has 5 nitrogen and oxygen atoms in total. The topological polar surface area (TPSA) is 67.8 Å². The zero-order valence-corrected chi connectivity index (χ0v) is 12.9. The van der Waals surface area contributed by atoms with Gasteiger partial charge in [-0.15, -0.1) is 0 Å². The molecule has 0 aliphatic carbocycles. The number of hydrogen-bond acceptors (Lipinski definition) is 4. The third-order valence-electron chi connectivity index (χ3n) is 4.01. The van der Waals surface area contributed by atoms with Crippen LogP contribution in [-0.4, -0.2) is 37.6 Å². The van der Waals surface area contributed by atoms with Gasteiger partial charge < -0.3 is 19.9 Å². The molecule has 1 saturated heterocycles. The van der Waals surface area contributed by atoms with Gasteiger partial charge in [0.05, 0.1) is 0 Å². The van der Waals surface area contributed by atoms with E-state index in [-0.39, 0.29) is 19.1 Å². The molecule has 5 heteroatoms. The van der Waals surface area contributed by atoms with Gasteiger partial charge in [-0.1, -0.05) is 30.3 Å². The molecule has 1 amide bonds. The molecule has 1 heterocycles. The van der Waals surface area contributed by atoms with Gasteiger partial charge in [-0.3, -0.25) is 0 Å². The molecule has 122 valence electrons. The van der Waals surface area contributed by atoms with Crippen molar-refractivity contribution in [2.75, 3.05) is 26.4 Å². The molecule has 1 aromatic carbocycles. The average molecular weight is 307 g/mol. The first-order chi connectivity index (χ1) is 10.8. The van der Waals surface area contributed by atoms with Crippen LogP contribution in [0.2, 0.25) is 0 Å². The largest absolute Gasteiger partial charge is 0.445 e. The second-order valence-electron chi connectivity index (χ2n) is 5.78. The second-order valence-corrected chi connectivity index (χ2v) is 5.78. The van der Waals surface area contributed by atoms with E-state index in [4.69, 9.17) is 9.47 Å². The summed E-state index contributed by atoms with van der Waals surface area (Å²) in [5, 5.41) is 12.2. The molecule has 0 spiro atoms. The lowest BCUT2D eigenvalue weighted by Gasteiger charge is -2.25. The minimum atomic E-state index is -0.436. The van der Waals surface area contributed by atoms with Crippen LogP contribution in [0.15, 0.2) is 30.3 Å². The molecule has 1 aliphatic rings. The Kier molecular flexibility index (Phi) is 7.19. The fraction of sp³-hybridized carbons (Fsp3) is 0.588. The second kappa shape index (κ2) is 9.43. The van der Waals surface area contributed by atoms with Crippen molar-refractivity contribution < 1.29 is 19.4 Å². The zero-order valence-electron chi connectivity index (χ0n) is 12.9. The summed E-state index contributed by atoms with van der Waals surface area (Å²) in [6.07, 6.45) is 2.55. The third kappa shape index (κ3) is 6.03. The first-order valence-corrected chi connectivity index (χ1v) is 7.91. The monoisotopic (exact) mass is 307 g/mol. The SMILES string of the molecule is O=C(NCC(CO)CC1CCOCC1)OCc1ccccc1.